The largest absolute Gasteiger partial charge is 0.314 e. The van der Waals surface area contributed by atoms with E-state index in [2.05, 4.69) is 22.1 Å². The number of nitrogens with one attached hydrogen (secondary N) is 1. The zero-order chi connectivity index (χ0) is 14.8. The first-order chi connectivity index (χ1) is 10.2. The molecule has 1 aliphatic rings. The Labute approximate surface area is 128 Å². The highest BCUT2D eigenvalue weighted by molar-refractivity contribution is 6.30. The van der Waals surface area contributed by atoms with Gasteiger partial charge in [-0.2, -0.15) is 0 Å². The van der Waals surface area contributed by atoms with Crippen molar-refractivity contribution in [1.29, 1.82) is 0 Å². The van der Waals surface area contributed by atoms with E-state index in [0.717, 1.165) is 31.7 Å². The lowest BCUT2D eigenvalue weighted by Crippen LogP contribution is -2.57. The van der Waals surface area contributed by atoms with Gasteiger partial charge in [-0.25, -0.2) is 4.98 Å². The maximum absolute atomic E-state index is 12.2. The smallest absolute Gasteiger partial charge is 0.258 e. The lowest BCUT2D eigenvalue weighted by molar-refractivity contribution is 0.136. The molecule has 5 nitrogen and oxygen atoms in total. The molecule has 1 saturated heterocycles. The van der Waals surface area contributed by atoms with Crippen LogP contribution in [0.3, 0.4) is 0 Å². The lowest BCUT2D eigenvalue weighted by atomic mass is 10.1. The van der Waals surface area contributed by atoms with E-state index < -0.39 is 0 Å². The predicted octanol–water partition coefficient (Wildman–Crippen LogP) is 1.53. The van der Waals surface area contributed by atoms with Crippen molar-refractivity contribution < 1.29 is 0 Å². The molecule has 3 heterocycles. The Bertz CT molecular complexity index is 696. The number of nitrogens with zero attached hydrogens (tertiary/aromatic N) is 3. The third-order valence-corrected chi connectivity index (χ3v) is 4.05. The van der Waals surface area contributed by atoms with Gasteiger partial charge in [-0.05, 0) is 25.1 Å². The first-order valence-corrected chi connectivity index (χ1v) is 7.68. The molecule has 1 N–H and O–H groups in total. The van der Waals surface area contributed by atoms with Gasteiger partial charge < -0.3 is 5.32 Å². The maximum atomic E-state index is 12.2. The molecule has 0 radical (unpaired) electrons. The van der Waals surface area contributed by atoms with Crippen molar-refractivity contribution in [2.24, 2.45) is 0 Å². The number of hydrogen-bond donors (Lipinski definition) is 1. The highest BCUT2D eigenvalue weighted by atomic mass is 35.5. The molecule has 0 amide bonds. The second-order valence-electron chi connectivity index (χ2n) is 5.44. The van der Waals surface area contributed by atoms with Crippen LogP contribution in [-0.2, 0) is 6.54 Å². The summed E-state index contributed by atoms with van der Waals surface area (Å²) in [4.78, 5) is 19.2. The topological polar surface area (TPSA) is 49.6 Å². The van der Waals surface area contributed by atoms with Crippen LogP contribution in [0.4, 0.5) is 0 Å². The van der Waals surface area contributed by atoms with Crippen LogP contribution in [0.15, 0.2) is 29.2 Å². The number of hydrogen-bond acceptors (Lipinski definition) is 4. The van der Waals surface area contributed by atoms with Crippen LogP contribution in [0.2, 0.25) is 5.02 Å². The summed E-state index contributed by atoms with van der Waals surface area (Å²) in [5, 5.41) is 3.83. The van der Waals surface area contributed by atoms with Gasteiger partial charge in [-0.1, -0.05) is 18.5 Å². The van der Waals surface area contributed by atoms with E-state index in [9.17, 15) is 4.79 Å². The van der Waals surface area contributed by atoms with Gasteiger partial charge >= 0.3 is 0 Å². The summed E-state index contributed by atoms with van der Waals surface area (Å²) >= 11 is 5.92. The average Bonchev–Trinajstić information content (AvgIpc) is 2.38. The Morgan fingerprint density at radius 3 is 2.95 bits per heavy atom. The summed E-state index contributed by atoms with van der Waals surface area (Å²) in [5.74, 6) is 0. The Balaban J connectivity index is 1.89. The van der Waals surface area contributed by atoms with Crippen molar-refractivity contribution in [3.8, 4) is 0 Å². The first kappa shape index (κ1) is 14.5. The molecule has 0 bridgehead atoms. The average molecular weight is 307 g/mol. The molecule has 0 unspecified atom stereocenters. The van der Waals surface area contributed by atoms with E-state index >= 15 is 0 Å². The molecular formula is C15H19ClN4O. The van der Waals surface area contributed by atoms with Crippen LogP contribution >= 0.6 is 11.6 Å². The number of fused-ring (bicyclic) bond motifs is 1. The quantitative estimate of drug-likeness (QED) is 0.910. The summed E-state index contributed by atoms with van der Waals surface area (Å²) in [5.41, 5.74) is 1.38. The summed E-state index contributed by atoms with van der Waals surface area (Å²) < 4.78 is 1.49. The molecule has 0 aliphatic carbocycles. The van der Waals surface area contributed by atoms with E-state index in [4.69, 9.17) is 11.6 Å². The van der Waals surface area contributed by atoms with Gasteiger partial charge in [0.2, 0.25) is 0 Å². The molecule has 2 aromatic heterocycles. The van der Waals surface area contributed by atoms with E-state index in [1.807, 2.05) is 0 Å². The highest BCUT2D eigenvalue weighted by Crippen LogP contribution is 2.12. The molecule has 6 heteroatoms. The van der Waals surface area contributed by atoms with E-state index in [-0.39, 0.29) is 5.56 Å². The first-order valence-electron chi connectivity index (χ1n) is 7.30. The molecule has 112 valence electrons. The molecule has 0 atom stereocenters. The minimum absolute atomic E-state index is 0.0827. The Hall–Kier alpha value is -1.43. The number of pyridine rings is 1. The predicted molar refractivity (Wildman–Crippen MR) is 83.8 cm³/mol. The standard InChI is InChI=1S/C15H19ClN4O/c1-2-5-19(13-7-17-8-13)10-12-6-15(21)20-9-11(16)3-4-14(20)18-12/h3-4,6,9,13,17H,2,5,7-8,10H2,1H3. The molecule has 3 rings (SSSR count). The van der Waals surface area contributed by atoms with Crippen molar-refractivity contribution >= 4 is 17.2 Å². The minimum Gasteiger partial charge on any atom is -0.314 e. The zero-order valence-electron chi connectivity index (χ0n) is 12.1. The second kappa shape index (κ2) is 6.13. The minimum atomic E-state index is -0.0827. The number of aromatic nitrogens is 2. The van der Waals surface area contributed by atoms with Gasteiger partial charge in [-0.3, -0.25) is 14.1 Å². The maximum Gasteiger partial charge on any atom is 0.258 e. The van der Waals surface area contributed by atoms with E-state index in [1.165, 1.54) is 4.40 Å². The molecule has 2 aromatic rings. The Kier molecular flexibility index (Phi) is 4.24. The molecule has 1 fully saturated rings. The van der Waals surface area contributed by atoms with Crippen molar-refractivity contribution in [2.75, 3.05) is 19.6 Å². The fourth-order valence-electron chi connectivity index (χ4n) is 2.62. The van der Waals surface area contributed by atoms with E-state index in [1.54, 1.807) is 24.4 Å². The van der Waals surface area contributed by atoms with Gasteiger partial charge in [0.25, 0.3) is 5.56 Å². The van der Waals surface area contributed by atoms with Crippen molar-refractivity contribution in [3.05, 3.63) is 45.5 Å². The summed E-state index contributed by atoms with van der Waals surface area (Å²) in [6.07, 6.45) is 2.70. The lowest BCUT2D eigenvalue weighted by Gasteiger charge is -2.38. The second-order valence-corrected chi connectivity index (χ2v) is 5.88. The van der Waals surface area contributed by atoms with Crippen LogP contribution in [0.25, 0.3) is 5.65 Å². The number of halogens is 1. The monoisotopic (exact) mass is 306 g/mol. The van der Waals surface area contributed by atoms with Gasteiger partial charge in [0.05, 0.1) is 10.7 Å². The Morgan fingerprint density at radius 1 is 1.48 bits per heavy atom. The van der Waals surface area contributed by atoms with Crippen molar-refractivity contribution in [1.82, 2.24) is 19.6 Å². The van der Waals surface area contributed by atoms with Crippen LogP contribution in [-0.4, -0.2) is 40.0 Å². The summed E-state index contributed by atoms with van der Waals surface area (Å²) in [6.45, 7) is 5.94. The van der Waals surface area contributed by atoms with Gasteiger partial charge in [0, 0.05) is 37.9 Å². The van der Waals surface area contributed by atoms with Gasteiger partial charge in [-0.15, -0.1) is 0 Å². The van der Waals surface area contributed by atoms with E-state index in [0.29, 0.717) is 23.3 Å². The number of rotatable bonds is 5. The highest BCUT2D eigenvalue weighted by Gasteiger charge is 2.24. The molecule has 0 spiro atoms. The third-order valence-electron chi connectivity index (χ3n) is 3.83. The SMILES string of the molecule is CCCN(Cc1cc(=O)n2cc(Cl)ccc2n1)C1CNC1. The molecule has 0 aromatic carbocycles. The van der Waals surface area contributed by atoms with Gasteiger partial charge in [0.1, 0.15) is 5.65 Å². The Morgan fingerprint density at radius 2 is 2.29 bits per heavy atom. The molecule has 1 aliphatic heterocycles. The zero-order valence-corrected chi connectivity index (χ0v) is 12.8. The van der Waals surface area contributed by atoms with Crippen LogP contribution < -0.4 is 10.9 Å². The summed E-state index contributed by atoms with van der Waals surface area (Å²) in [6, 6.07) is 5.70. The fraction of sp³-hybridized carbons (Fsp3) is 0.467. The molecule has 21 heavy (non-hydrogen) atoms. The van der Waals surface area contributed by atoms with Crippen molar-refractivity contribution in [2.45, 2.75) is 25.9 Å². The van der Waals surface area contributed by atoms with Crippen LogP contribution in [0.5, 0.6) is 0 Å². The van der Waals surface area contributed by atoms with Crippen molar-refractivity contribution in [3.63, 3.8) is 0 Å². The summed E-state index contributed by atoms with van der Waals surface area (Å²) in [7, 11) is 0. The normalized spacial score (nSPS) is 15.6. The third kappa shape index (κ3) is 3.10. The molecular weight excluding hydrogens is 288 g/mol. The van der Waals surface area contributed by atoms with Crippen LogP contribution in [0.1, 0.15) is 19.0 Å². The molecule has 0 saturated carbocycles. The fourth-order valence-corrected chi connectivity index (χ4v) is 2.79. The van der Waals surface area contributed by atoms with Crippen LogP contribution in [0, 0.1) is 0 Å². The van der Waals surface area contributed by atoms with Gasteiger partial charge in [0.15, 0.2) is 0 Å².